The van der Waals surface area contributed by atoms with Crippen molar-refractivity contribution < 1.29 is 54.9 Å². The van der Waals surface area contributed by atoms with Gasteiger partial charge in [-0.25, -0.2) is 9.59 Å². The molecule has 2 aromatic carbocycles. The summed E-state index contributed by atoms with van der Waals surface area (Å²) in [5.74, 6) is -3.24. The van der Waals surface area contributed by atoms with Gasteiger partial charge < -0.3 is 18.9 Å². The molecular formula is C33H36F6O6. The minimum Gasteiger partial charge on any atom is -0.459 e. The van der Waals surface area contributed by atoms with Gasteiger partial charge in [-0.3, -0.25) is 0 Å². The van der Waals surface area contributed by atoms with Crippen molar-refractivity contribution in [1.29, 1.82) is 0 Å². The Morgan fingerprint density at radius 3 is 1.67 bits per heavy atom. The molecule has 0 saturated heterocycles. The first-order chi connectivity index (χ1) is 20.9. The Kier molecular flexibility index (Phi) is 10.7. The summed E-state index contributed by atoms with van der Waals surface area (Å²) in [4.78, 5) is 26.1. The van der Waals surface area contributed by atoms with E-state index in [-0.39, 0.29) is 12.8 Å². The lowest BCUT2D eigenvalue weighted by atomic mass is 9.71. The number of methoxy groups -OCH3 is 2. The summed E-state index contributed by atoms with van der Waals surface area (Å²) in [6.07, 6.45) is -9.09. The van der Waals surface area contributed by atoms with Gasteiger partial charge in [0.25, 0.3) is 11.2 Å². The SMILES string of the molecule is CO[C@](C(=O)O[C@@H]1CC(C)=C(/C=C/[C@@H](C)OC(=O)[C@@](OC)(c2ccccc2)C(F)(F)F)C(C)(C)C1)(c1ccccc1)C(F)(F)F. The molecule has 0 aromatic heterocycles. The molecule has 2 aromatic rings. The highest BCUT2D eigenvalue weighted by Crippen LogP contribution is 2.47. The van der Waals surface area contributed by atoms with E-state index in [1.54, 1.807) is 26.8 Å². The highest BCUT2D eigenvalue weighted by Gasteiger charge is 2.65. The lowest BCUT2D eigenvalue weighted by Crippen LogP contribution is -2.53. The summed E-state index contributed by atoms with van der Waals surface area (Å²) in [6, 6.07) is 12.9. The van der Waals surface area contributed by atoms with Crippen molar-refractivity contribution in [3.8, 4) is 0 Å². The monoisotopic (exact) mass is 642 g/mol. The van der Waals surface area contributed by atoms with E-state index in [2.05, 4.69) is 0 Å². The number of ether oxygens (including phenoxy) is 4. The minimum atomic E-state index is -5.13. The molecule has 246 valence electrons. The molecule has 45 heavy (non-hydrogen) atoms. The molecule has 0 fully saturated rings. The van der Waals surface area contributed by atoms with E-state index in [0.29, 0.717) is 11.1 Å². The van der Waals surface area contributed by atoms with E-state index in [1.807, 2.05) is 0 Å². The molecule has 1 aliphatic carbocycles. The summed E-state index contributed by atoms with van der Waals surface area (Å²) in [6.45, 7) is 6.66. The molecule has 1 aliphatic rings. The van der Waals surface area contributed by atoms with Gasteiger partial charge in [0.15, 0.2) is 0 Å². The second kappa shape index (κ2) is 13.4. The molecule has 12 heteroatoms. The number of rotatable bonds is 10. The van der Waals surface area contributed by atoms with Crippen molar-refractivity contribution in [3.05, 3.63) is 95.1 Å². The third-order valence-corrected chi connectivity index (χ3v) is 7.91. The van der Waals surface area contributed by atoms with Crippen LogP contribution in [0.2, 0.25) is 0 Å². The molecule has 0 aliphatic heterocycles. The molecular weight excluding hydrogens is 606 g/mol. The molecule has 3 rings (SSSR count). The Hall–Kier alpha value is -3.64. The van der Waals surface area contributed by atoms with Crippen molar-refractivity contribution in [2.75, 3.05) is 14.2 Å². The van der Waals surface area contributed by atoms with Crippen molar-refractivity contribution >= 4 is 11.9 Å². The van der Waals surface area contributed by atoms with Crippen LogP contribution in [0.1, 0.15) is 51.7 Å². The molecule has 0 unspecified atom stereocenters. The topological polar surface area (TPSA) is 71.1 Å². The fourth-order valence-electron chi connectivity index (χ4n) is 5.76. The zero-order chi connectivity index (χ0) is 33.8. The standard InChI is InChI=1S/C33H36F6O6/c1-21-19-25(45-28(41)31(43-6,33(37,38)39)24-15-11-8-12-16-24)20-29(3,4)26(21)18-17-22(2)44-27(40)30(42-5,32(34,35)36)23-13-9-7-10-14-23/h7-18,22,25H,19-20H2,1-6H3/b18-17+/t22-,25-,30+,31+/m1/s1. The van der Waals surface area contributed by atoms with E-state index in [0.717, 1.165) is 38.5 Å². The van der Waals surface area contributed by atoms with Crippen LogP contribution >= 0.6 is 0 Å². The van der Waals surface area contributed by atoms with Crippen LogP contribution in [-0.4, -0.2) is 50.7 Å². The number of hydrogen-bond acceptors (Lipinski definition) is 6. The Morgan fingerprint density at radius 2 is 1.27 bits per heavy atom. The number of carbonyl (C=O) groups is 2. The molecule has 0 spiro atoms. The first-order valence-electron chi connectivity index (χ1n) is 14.0. The van der Waals surface area contributed by atoms with Crippen molar-refractivity contribution in [2.45, 2.75) is 76.3 Å². The van der Waals surface area contributed by atoms with Crippen molar-refractivity contribution in [2.24, 2.45) is 5.41 Å². The maximum atomic E-state index is 14.3. The second-order valence-electron chi connectivity index (χ2n) is 11.5. The summed E-state index contributed by atoms with van der Waals surface area (Å²) in [5.41, 5.74) is -6.92. The fourth-order valence-corrected chi connectivity index (χ4v) is 5.76. The Labute approximate surface area is 258 Å². The number of esters is 2. The Bertz CT molecular complexity index is 1400. The zero-order valence-electron chi connectivity index (χ0n) is 25.7. The summed E-state index contributed by atoms with van der Waals surface area (Å²) in [7, 11) is 1.56. The fraction of sp³-hybridized carbons (Fsp3) is 0.455. The van der Waals surface area contributed by atoms with Crippen LogP contribution in [0.4, 0.5) is 26.3 Å². The van der Waals surface area contributed by atoms with Gasteiger partial charge in [-0.1, -0.05) is 86.2 Å². The average Bonchev–Trinajstić information content (AvgIpc) is 2.93. The average molecular weight is 643 g/mol. The molecule has 0 amide bonds. The van der Waals surface area contributed by atoms with E-state index in [9.17, 15) is 35.9 Å². The summed E-state index contributed by atoms with van der Waals surface area (Å²) >= 11 is 0. The third-order valence-electron chi connectivity index (χ3n) is 7.91. The van der Waals surface area contributed by atoms with Crippen molar-refractivity contribution in [3.63, 3.8) is 0 Å². The minimum absolute atomic E-state index is 0.0876. The number of benzene rings is 2. The highest BCUT2D eigenvalue weighted by atomic mass is 19.4. The van der Waals surface area contributed by atoms with Gasteiger partial charge in [0.1, 0.15) is 12.2 Å². The lowest BCUT2D eigenvalue weighted by molar-refractivity contribution is -0.279. The molecule has 0 radical (unpaired) electrons. The quantitative estimate of drug-likeness (QED) is 0.195. The molecule has 6 nitrogen and oxygen atoms in total. The van der Waals surface area contributed by atoms with Gasteiger partial charge in [-0.2, -0.15) is 26.3 Å². The first kappa shape index (κ1) is 35.8. The Morgan fingerprint density at radius 1 is 0.822 bits per heavy atom. The molecule has 0 N–H and O–H groups in total. The number of hydrogen-bond donors (Lipinski definition) is 0. The number of alkyl halides is 6. The summed E-state index contributed by atoms with van der Waals surface area (Å²) < 4.78 is 106. The zero-order valence-corrected chi connectivity index (χ0v) is 25.7. The predicted molar refractivity (Wildman–Crippen MR) is 153 cm³/mol. The normalized spacial score (nSPS) is 20.7. The van der Waals surface area contributed by atoms with Crippen LogP contribution in [0, 0.1) is 5.41 Å². The van der Waals surface area contributed by atoms with E-state index < -0.39 is 64.2 Å². The van der Waals surface area contributed by atoms with Gasteiger partial charge in [0.05, 0.1) is 0 Å². The molecule has 0 saturated carbocycles. The Balaban J connectivity index is 1.82. The highest BCUT2D eigenvalue weighted by molar-refractivity contribution is 5.83. The van der Waals surface area contributed by atoms with Crippen LogP contribution in [-0.2, 0) is 39.7 Å². The predicted octanol–water partition coefficient (Wildman–Crippen LogP) is 7.73. The third kappa shape index (κ3) is 6.96. The lowest BCUT2D eigenvalue weighted by Gasteiger charge is -2.39. The molecule has 0 bridgehead atoms. The van der Waals surface area contributed by atoms with Crippen LogP contribution < -0.4 is 0 Å². The largest absolute Gasteiger partial charge is 0.459 e. The van der Waals surface area contributed by atoms with Gasteiger partial charge >= 0.3 is 24.3 Å². The maximum Gasteiger partial charge on any atom is 0.432 e. The van der Waals surface area contributed by atoms with E-state index >= 15 is 0 Å². The van der Waals surface area contributed by atoms with Crippen LogP contribution in [0.5, 0.6) is 0 Å². The molecule has 0 heterocycles. The van der Waals surface area contributed by atoms with Gasteiger partial charge in [-0.15, -0.1) is 0 Å². The van der Waals surface area contributed by atoms with E-state index in [1.165, 1.54) is 49.4 Å². The van der Waals surface area contributed by atoms with E-state index in [4.69, 9.17) is 18.9 Å². The molecule has 4 atom stereocenters. The number of carbonyl (C=O) groups excluding carboxylic acids is 2. The van der Waals surface area contributed by atoms with Gasteiger partial charge in [-0.05, 0) is 37.3 Å². The van der Waals surface area contributed by atoms with Crippen LogP contribution in [0.15, 0.2) is 84.0 Å². The smallest absolute Gasteiger partial charge is 0.432 e. The number of allylic oxidation sites excluding steroid dienone is 2. The van der Waals surface area contributed by atoms with Crippen molar-refractivity contribution in [1.82, 2.24) is 0 Å². The summed E-state index contributed by atoms with van der Waals surface area (Å²) in [5, 5.41) is 0. The van der Waals surface area contributed by atoms with Gasteiger partial charge in [0.2, 0.25) is 0 Å². The first-order valence-corrected chi connectivity index (χ1v) is 14.0. The van der Waals surface area contributed by atoms with Crippen LogP contribution in [0.25, 0.3) is 0 Å². The number of halogens is 6. The van der Waals surface area contributed by atoms with Gasteiger partial charge in [0, 0.05) is 31.8 Å². The maximum absolute atomic E-state index is 14.3. The van der Waals surface area contributed by atoms with Crippen LogP contribution in [0.3, 0.4) is 0 Å². The second-order valence-corrected chi connectivity index (χ2v) is 11.5.